The van der Waals surface area contributed by atoms with E-state index in [2.05, 4.69) is 4.98 Å². The fourth-order valence-electron chi connectivity index (χ4n) is 1.35. The van der Waals surface area contributed by atoms with Gasteiger partial charge in [0.25, 0.3) is 0 Å². The third-order valence-corrected chi connectivity index (χ3v) is 2.50. The van der Waals surface area contributed by atoms with Gasteiger partial charge in [-0.05, 0) is 12.1 Å². The maximum Gasteiger partial charge on any atom is 0.339 e. The van der Waals surface area contributed by atoms with Crippen molar-refractivity contribution in [2.45, 2.75) is 0 Å². The second-order valence-electron chi connectivity index (χ2n) is 2.95. The lowest BCUT2D eigenvalue weighted by molar-refractivity contribution is 0.0699. The highest BCUT2D eigenvalue weighted by molar-refractivity contribution is 6.35. The molecule has 0 atom stereocenters. The van der Waals surface area contributed by atoms with Crippen LogP contribution in [-0.2, 0) is 0 Å². The second kappa shape index (κ2) is 4.65. The van der Waals surface area contributed by atoms with E-state index in [1.807, 2.05) is 0 Å². The molecule has 2 rings (SSSR count). The van der Waals surface area contributed by atoms with Crippen molar-refractivity contribution in [3.63, 3.8) is 0 Å². The van der Waals surface area contributed by atoms with Crippen molar-refractivity contribution < 1.29 is 15.4 Å². The Bertz CT molecular complexity index is 557. The Hall–Kier alpha value is -1.36. The van der Waals surface area contributed by atoms with Crippen LogP contribution in [0.3, 0.4) is 0 Å². The lowest BCUT2D eigenvalue weighted by Crippen LogP contribution is -2.00. The van der Waals surface area contributed by atoms with E-state index in [0.29, 0.717) is 15.9 Å². The molecule has 0 unspecified atom stereocenters. The number of carboxylic acids is 1. The zero-order valence-corrected chi connectivity index (χ0v) is 9.38. The number of hydrogen-bond donors (Lipinski definition) is 1. The maximum absolute atomic E-state index is 11.0. The Morgan fingerprint density at radius 2 is 2.00 bits per heavy atom. The SMILES string of the molecule is O.O=C(O)c1c(Cl)ccc2cc(Cl)cnc12. The smallest absolute Gasteiger partial charge is 0.339 e. The number of pyridine rings is 1. The van der Waals surface area contributed by atoms with Gasteiger partial charge in [0.2, 0.25) is 0 Å². The fraction of sp³-hybridized carbons (Fsp3) is 0. The predicted octanol–water partition coefficient (Wildman–Crippen LogP) is 2.42. The average molecular weight is 260 g/mol. The third kappa shape index (κ3) is 2.09. The molecular weight excluding hydrogens is 253 g/mol. The molecule has 0 radical (unpaired) electrons. The van der Waals surface area contributed by atoms with Crippen LogP contribution in [-0.4, -0.2) is 21.5 Å². The number of hydrogen-bond acceptors (Lipinski definition) is 2. The maximum atomic E-state index is 11.0. The van der Waals surface area contributed by atoms with Gasteiger partial charge in [-0.3, -0.25) is 4.98 Å². The Morgan fingerprint density at radius 1 is 1.31 bits per heavy atom. The van der Waals surface area contributed by atoms with E-state index >= 15 is 0 Å². The van der Waals surface area contributed by atoms with Crippen LogP contribution in [0.15, 0.2) is 24.4 Å². The van der Waals surface area contributed by atoms with Crippen molar-refractivity contribution in [3.05, 3.63) is 40.0 Å². The van der Waals surface area contributed by atoms with E-state index < -0.39 is 5.97 Å². The normalized spacial score (nSPS) is 9.88. The van der Waals surface area contributed by atoms with Gasteiger partial charge < -0.3 is 10.6 Å². The molecule has 0 aliphatic carbocycles. The molecule has 0 aliphatic rings. The molecule has 2 aromatic rings. The molecule has 16 heavy (non-hydrogen) atoms. The van der Waals surface area contributed by atoms with Gasteiger partial charge in [-0.25, -0.2) is 4.79 Å². The lowest BCUT2D eigenvalue weighted by Gasteiger charge is -2.03. The van der Waals surface area contributed by atoms with E-state index in [4.69, 9.17) is 28.3 Å². The van der Waals surface area contributed by atoms with Crippen LogP contribution in [0.4, 0.5) is 0 Å². The highest BCUT2D eigenvalue weighted by Crippen LogP contribution is 2.26. The number of carbonyl (C=O) groups is 1. The van der Waals surface area contributed by atoms with Crippen molar-refractivity contribution in [1.29, 1.82) is 0 Å². The summed E-state index contributed by atoms with van der Waals surface area (Å²) in [5, 5.41) is 10.3. The van der Waals surface area contributed by atoms with E-state index in [-0.39, 0.29) is 16.1 Å². The van der Waals surface area contributed by atoms with Crippen LogP contribution < -0.4 is 0 Å². The number of carboxylic acid groups (broad SMARTS) is 1. The molecule has 84 valence electrons. The summed E-state index contributed by atoms with van der Waals surface area (Å²) >= 11 is 11.5. The molecule has 0 aliphatic heterocycles. The molecule has 0 spiro atoms. The monoisotopic (exact) mass is 259 g/mol. The fourth-order valence-corrected chi connectivity index (χ4v) is 1.75. The molecular formula is C10H7Cl2NO3. The number of fused-ring (bicyclic) bond motifs is 1. The van der Waals surface area contributed by atoms with Gasteiger partial charge in [0.15, 0.2) is 0 Å². The van der Waals surface area contributed by atoms with Crippen LogP contribution in [0, 0.1) is 0 Å². The topological polar surface area (TPSA) is 81.7 Å². The van der Waals surface area contributed by atoms with Crippen LogP contribution in [0.25, 0.3) is 10.9 Å². The molecule has 0 saturated heterocycles. The minimum absolute atomic E-state index is 0. The summed E-state index contributed by atoms with van der Waals surface area (Å²) < 4.78 is 0. The number of halogens is 2. The first kappa shape index (κ1) is 12.7. The molecule has 4 nitrogen and oxygen atoms in total. The third-order valence-electron chi connectivity index (χ3n) is 1.98. The van der Waals surface area contributed by atoms with Crippen LogP contribution in [0.1, 0.15) is 10.4 Å². The van der Waals surface area contributed by atoms with E-state index in [1.54, 1.807) is 12.1 Å². The quantitative estimate of drug-likeness (QED) is 0.854. The Kier molecular flexibility index (Phi) is 3.70. The van der Waals surface area contributed by atoms with Gasteiger partial charge in [-0.2, -0.15) is 0 Å². The Balaban J connectivity index is 0.00000128. The van der Waals surface area contributed by atoms with Gasteiger partial charge in [-0.1, -0.05) is 29.3 Å². The molecule has 0 fully saturated rings. The van der Waals surface area contributed by atoms with E-state index in [1.165, 1.54) is 12.3 Å². The van der Waals surface area contributed by atoms with Gasteiger partial charge in [0, 0.05) is 11.6 Å². The number of aromatic carboxylic acids is 1. The summed E-state index contributed by atoms with van der Waals surface area (Å²) in [6, 6.07) is 4.85. The minimum Gasteiger partial charge on any atom is -0.478 e. The molecule has 0 amide bonds. The molecule has 1 aromatic carbocycles. The standard InChI is InChI=1S/C10H5Cl2NO2.H2O/c11-6-3-5-1-2-7(12)8(10(14)15)9(5)13-4-6;/h1-4H,(H,14,15);1H2. The Morgan fingerprint density at radius 3 is 2.62 bits per heavy atom. The zero-order chi connectivity index (χ0) is 11.0. The first-order valence-electron chi connectivity index (χ1n) is 4.06. The van der Waals surface area contributed by atoms with E-state index in [9.17, 15) is 4.79 Å². The highest BCUT2D eigenvalue weighted by Gasteiger charge is 2.14. The number of nitrogens with zero attached hydrogens (tertiary/aromatic N) is 1. The minimum atomic E-state index is -1.10. The summed E-state index contributed by atoms with van der Waals surface area (Å²) in [7, 11) is 0. The van der Waals surface area contributed by atoms with Crippen molar-refractivity contribution >= 4 is 40.1 Å². The zero-order valence-electron chi connectivity index (χ0n) is 7.87. The van der Waals surface area contributed by atoms with Gasteiger partial charge >= 0.3 is 5.97 Å². The molecule has 0 saturated carbocycles. The van der Waals surface area contributed by atoms with Crippen molar-refractivity contribution in [2.75, 3.05) is 0 Å². The van der Waals surface area contributed by atoms with Gasteiger partial charge in [-0.15, -0.1) is 0 Å². The van der Waals surface area contributed by atoms with Crippen molar-refractivity contribution in [1.82, 2.24) is 4.98 Å². The average Bonchev–Trinajstić information content (AvgIpc) is 2.17. The summed E-state index contributed by atoms with van der Waals surface area (Å²) in [6.45, 7) is 0. The second-order valence-corrected chi connectivity index (χ2v) is 3.80. The van der Waals surface area contributed by atoms with Crippen LogP contribution >= 0.6 is 23.2 Å². The predicted molar refractivity (Wildman–Crippen MR) is 62.3 cm³/mol. The Labute approximate surface area is 101 Å². The van der Waals surface area contributed by atoms with Crippen LogP contribution in [0.2, 0.25) is 10.0 Å². The molecule has 1 aromatic heterocycles. The summed E-state index contributed by atoms with van der Waals surface area (Å²) in [6.07, 6.45) is 1.40. The number of benzene rings is 1. The lowest BCUT2D eigenvalue weighted by atomic mass is 10.1. The first-order chi connectivity index (χ1) is 7.09. The summed E-state index contributed by atoms with van der Waals surface area (Å²) in [5.41, 5.74) is 0.352. The highest BCUT2D eigenvalue weighted by atomic mass is 35.5. The van der Waals surface area contributed by atoms with Crippen molar-refractivity contribution in [2.24, 2.45) is 0 Å². The van der Waals surface area contributed by atoms with Crippen molar-refractivity contribution in [3.8, 4) is 0 Å². The van der Waals surface area contributed by atoms with Gasteiger partial charge in [0.1, 0.15) is 5.56 Å². The molecule has 1 heterocycles. The van der Waals surface area contributed by atoms with Crippen LogP contribution in [0.5, 0.6) is 0 Å². The molecule has 6 heteroatoms. The van der Waals surface area contributed by atoms with Gasteiger partial charge in [0.05, 0.1) is 15.6 Å². The first-order valence-corrected chi connectivity index (χ1v) is 4.82. The summed E-state index contributed by atoms with van der Waals surface area (Å²) in [5.74, 6) is -1.10. The number of aromatic nitrogens is 1. The van der Waals surface area contributed by atoms with E-state index in [0.717, 1.165) is 0 Å². The summed E-state index contributed by atoms with van der Waals surface area (Å²) in [4.78, 5) is 14.9. The number of rotatable bonds is 1. The molecule has 3 N–H and O–H groups in total. The molecule has 0 bridgehead atoms. The largest absolute Gasteiger partial charge is 0.478 e.